The Morgan fingerprint density at radius 3 is 2.27 bits per heavy atom. The van der Waals surface area contributed by atoms with Crippen LogP contribution in [0.15, 0.2) is 41.3 Å². The summed E-state index contributed by atoms with van der Waals surface area (Å²) >= 11 is -0.271. The molecule has 0 amide bonds. The number of carbonyl (C=O) groups is 1. The minimum atomic E-state index is -4.42. The van der Waals surface area contributed by atoms with Crippen molar-refractivity contribution in [1.29, 1.82) is 0 Å². The van der Waals surface area contributed by atoms with Crippen LogP contribution in [0.3, 0.4) is 0 Å². The predicted molar refractivity (Wildman–Crippen MR) is 90.0 cm³/mol. The zero-order valence-corrected chi connectivity index (χ0v) is 13.7. The molecule has 0 unspecified atom stereocenters. The second-order valence-electron chi connectivity index (χ2n) is 5.21. The molecule has 26 heavy (non-hydrogen) atoms. The molecule has 0 aliphatic carbocycles. The van der Waals surface area contributed by atoms with Gasteiger partial charge in [0.05, 0.1) is 16.9 Å². The van der Waals surface area contributed by atoms with Crippen LogP contribution in [0.25, 0.3) is 22.0 Å². The minimum absolute atomic E-state index is 0.0371. The summed E-state index contributed by atoms with van der Waals surface area (Å²) in [7, 11) is 0. The number of hydrogen-bond donors (Lipinski definition) is 2. The number of anilines is 2. The van der Waals surface area contributed by atoms with E-state index in [0.717, 1.165) is 0 Å². The van der Waals surface area contributed by atoms with Gasteiger partial charge in [-0.1, -0.05) is 18.2 Å². The predicted octanol–water partition coefficient (Wildman–Crippen LogP) is 2.44. The number of aromatic carboxylic acids is 1. The SMILES string of the molecule is Nc1nc(N)c2c(-c3ccc(SC(F)(F)F)cc3)c(C(=O)[O-])ccc2n1. The van der Waals surface area contributed by atoms with Crippen molar-refractivity contribution >= 4 is 40.4 Å². The van der Waals surface area contributed by atoms with Crippen molar-refractivity contribution in [1.82, 2.24) is 9.97 Å². The molecule has 2 aromatic carbocycles. The molecule has 0 fully saturated rings. The number of halogens is 3. The molecule has 134 valence electrons. The van der Waals surface area contributed by atoms with Crippen molar-refractivity contribution in [3.05, 3.63) is 42.0 Å². The normalized spacial score (nSPS) is 11.7. The van der Waals surface area contributed by atoms with Crippen LogP contribution in [0.1, 0.15) is 10.4 Å². The molecule has 3 aromatic rings. The molecule has 0 atom stereocenters. The van der Waals surface area contributed by atoms with Crippen molar-refractivity contribution in [3.63, 3.8) is 0 Å². The van der Waals surface area contributed by atoms with Gasteiger partial charge in [-0.05, 0) is 35.5 Å². The number of nitrogens with zero attached hydrogens (tertiary/aromatic N) is 2. The van der Waals surface area contributed by atoms with E-state index in [9.17, 15) is 23.1 Å². The van der Waals surface area contributed by atoms with Gasteiger partial charge in [0.1, 0.15) is 5.82 Å². The second kappa shape index (κ2) is 6.37. The lowest BCUT2D eigenvalue weighted by Gasteiger charge is -2.15. The van der Waals surface area contributed by atoms with Crippen LogP contribution >= 0.6 is 11.8 Å². The maximum atomic E-state index is 12.5. The van der Waals surface area contributed by atoms with Gasteiger partial charge in [-0.3, -0.25) is 0 Å². The third-order valence-electron chi connectivity index (χ3n) is 3.51. The van der Waals surface area contributed by atoms with E-state index in [-0.39, 0.29) is 44.9 Å². The highest BCUT2D eigenvalue weighted by atomic mass is 32.2. The molecule has 0 radical (unpaired) electrons. The Morgan fingerprint density at radius 2 is 1.69 bits per heavy atom. The van der Waals surface area contributed by atoms with Crippen LogP contribution in [0, 0.1) is 0 Å². The lowest BCUT2D eigenvalue weighted by Crippen LogP contribution is -2.23. The number of carbonyl (C=O) groups excluding carboxylic acids is 1. The average molecular weight is 379 g/mol. The first-order chi connectivity index (χ1) is 12.2. The molecule has 3 rings (SSSR count). The van der Waals surface area contributed by atoms with E-state index < -0.39 is 11.5 Å². The van der Waals surface area contributed by atoms with E-state index >= 15 is 0 Å². The molecule has 0 spiro atoms. The fourth-order valence-corrected chi connectivity index (χ4v) is 3.10. The van der Waals surface area contributed by atoms with Gasteiger partial charge >= 0.3 is 5.51 Å². The number of carboxylic acids is 1. The Balaban J connectivity index is 2.22. The van der Waals surface area contributed by atoms with Gasteiger partial charge < -0.3 is 21.4 Å². The summed E-state index contributed by atoms with van der Waals surface area (Å²) in [6, 6.07) is 7.89. The number of fused-ring (bicyclic) bond motifs is 1. The largest absolute Gasteiger partial charge is 0.545 e. The van der Waals surface area contributed by atoms with Crippen LogP contribution in [-0.4, -0.2) is 21.4 Å². The smallest absolute Gasteiger partial charge is 0.446 e. The van der Waals surface area contributed by atoms with Crippen LogP contribution in [0.2, 0.25) is 0 Å². The van der Waals surface area contributed by atoms with Crippen LogP contribution in [0.4, 0.5) is 24.9 Å². The number of aromatic nitrogens is 2. The number of nitrogens with two attached hydrogens (primary N) is 2. The fraction of sp³-hybridized carbons (Fsp3) is 0.0625. The average Bonchev–Trinajstić information content (AvgIpc) is 2.52. The fourth-order valence-electron chi connectivity index (χ4n) is 2.57. The van der Waals surface area contributed by atoms with Crippen molar-refractivity contribution in [2.45, 2.75) is 10.4 Å². The lowest BCUT2D eigenvalue weighted by molar-refractivity contribution is -0.254. The monoisotopic (exact) mass is 379 g/mol. The first-order valence-electron chi connectivity index (χ1n) is 7.09. The van der Waals surface area contributed by atoms with E-state index in [1.165, 1.54) is 36.4 Å². The summed E-state index contributed by atoms with van der Waals surface area (Å²) in [5.74, 6) is -1.59. The van der Waals surface area contributed by atoms with Gasteiger partial charge in [-0.25, -0.2) is 4.98 Å². The summed E-state index contributed by atoms with van der Waals surface area (Å²) < 4.78 is 37.4. The number of thioether (sulfide) groups is 1. The Labute approximate surface area is 149 Å². The Morgan fingerprint density at radius 1 is 1.04 bits per heavy atom. The zero-order valence-electron chi connectivity index (χ0n) is 12.9. The summed E-state index contributed by atoms with van der Waals surface area (Å²) in [6.45, 7) is 0. The quantitative estimate of drug-likeness (QED) is 0.671. The maximum Gasteiger partial charge on any atom is 0.446 e. The highest BCUT2D eigenvalue weighted by molar-refractivity contribution is 8.00. The minimum Gasteiger partial charge on any atom is -0.545 e. The Bertz CT molecular complexity index is 1010. The van der Waals surface area contributed by atoms with Gasteiger partial charge in [-0.2, -0.15) is 18.2 Å². The molecule has 6 nitrogen and oxygen atoms in total. The molecule has 0 saturated heterocycles. The zero-order chi connectivity index (χ0) is 19.1. The summed E-state index contributed by atoms with van der Waals surface area (Å²) in [4.78, 5) is 19.3. The number of benzene rings is 2. The van der Waals surface area contributed by atoms with Crippen molar-refractivity contribution in [2.24, 2.45) is 0 Å². The highest BCUT2D eigenvalue weighted by Gasteiger charge is 2.29. The van der Waals surface area contributed by atoms with Crippen molar-refractivity contribution < 1.29 is 23.1 Å². The Hall–Kier alpha value is -3.01. The third kappa shape index (κ3) is 3.49. The van der Waals surface area contributed by atoms with Gasteiger partial charge in [0.2, 0.25) is 5.95 Å². The number of rotatable bonds is 3. The third-order valence-corrected chi connectivity index (χ3v) is 4.25. The summed E-state index contributed by atoms with van der Waals surface area (Å²) in [5.41, 5.74) is 7.62. The van der Waals surface area contributed by atoms with Crippen LogP contribution < -0.4 is 16.6 Å². The Kier molecular flexibility index (Phi) is 4.36. The molecule has 10 heteroatoms. The van der Waals surface area contributed by atoms with Gasteiger partial charge in [-0.15, -0.1) is 0 Å². The van der Waals surface area contributed by atoms with Crippen LogP contribution in [0.5, 0.6) is 0 Å². The van der Waals surface area contributed by atoms with Crippen molar-refractivity contribution in [2.75, 3.05) is 11.5 Å². The number of hydrogen-bond acceptors (Lipinski definition) is 7. The molecular weight excluding hydrogens is 369 g/mol. The summed E-state index contributed by atoms with van der Waals surface area (Å²) in [6.07, 6.45) is 0. The molecular formula is C16H10F3N4O2S-. The number of carboxylic acid groups (broad SMARTS) is 1. The number of nitrogen functional groups attached to an aromatic ring is 2. The van der Waals surface area contributed by atoms with Gasteiger partial charge in [0.25, 0.3) is 0 Å². The van der Waals surface area contributed by atoms with Crippen LogP contribution in [-0.2, 0) is 0 Å². The molecule has 4 N–H and O–H groups in total. The van der Waals surface area contributed by atoms with Crippen molar-refractivity contribution in [3.8, 4) is 11.1 Å². The standard InChI is InChI=1S/C16H11F3N4O2S/c17-16(18,19)26-8-3-1-7(2-4-8)11-9(14(24)25)5-6-10-12(11)13(20)23-15(21)22-10/h1-6H,(H,24,25)(H4,20,21,22,23)/p-1. The van der Waals surface area contributed by atoms with Gasteiger partial charge in [0, 0.05) is 16.0 Å². The molecule has 1 aromatic heterocycles. The summed E-state index contributed by atoms with van der Waals surface area (Å²) in [5, 5.41) is 11.7. The topological polar surface area (TPSA) is 118 Å². The first-order valence-corrected chi connectivity index (χ1v) is 7.90. The highest BCUT2D eigenvalue weighted by Crippen LogP contribution is 2.39. The van der Waals surface area contributed by atoms with Gasteiger partial charge in [0.15, 0.2) is 0 Å². The molecule has 0 aliphatic rings. The lowest BCUT2D eigenvalue weighted by atomic mass is 9.95. The maximum absolute atomic E-state index is 12.5. The molecule has 0 bridgehead atoms. The molecule has 0 saturated carbocycles. The van der Waals surface area contributed by atoms with E-state index in [2.05, 4.69) is 9.97 Å². The van der Waals surface area contributed by atoms with E-state index in [1.54, 1.807) is 0 Å². The van der Waals surface area contributed by atoms with E-state index in [0.29, 0.717) is 11.1 Å². The molecule has 0 aliphatic heterocycles. The van der Waals surface area contributed by atoms with E-state index in [4.69, 9.17) is 11.5 Å². The second-order valence-corrected chi connectivity index (χ2v) is 6.35. The van der Waals surface area contributed by atoms with E-state index in [1.807, 2.05) is 0 Å². The molecule has 1 heterocycles. The first kappa shape index (κ1) is 17.8. The number of alkyl halides is 3.